The monoisotopic (exact) mass is 444 g/mol. The van der Waals surface area contributed by atoms with Crippen molar-refractivity contribution in [1.82, 2.24) is 0 Å². The third kappa shape index (κ3) is 7.21. The van der Waals surface area contributed by atoms with E-state index in [2.05, 4.69) is 23.8 Å². The van der Waals surface area contributed by atoms with E-state index in [0.29, 0.717) is 11.5 Å². The molecular formula is C25H33F5O. The molecule has 174 valence electrons. The van der Waals surface area contributed by atoms with Crippen molar-refractivity contribution in [1.29, 1.82) is 0 Å². The van der Waals surface area contributed by atoms with Crippen LogP contribution in [-0.2, 0) is 0 Å². The van der Waals surface area contributed by atoms with Crippen LogP contribution in [0.15, 0.2) is 24.3 Å². The summed E-state index contributed by atoms with van der Waals surface area (Å²) < 4.78 is 68.5. The van der Waals surface area contributed by atoms with Gasteiger partial charge in [-0.15, -0.1) is 13.2 Å². The number of allylic oxidation sites excluding steroid dienone is 2. The van der Waals surface area contributed by atoms with Crippen LogP contribution < -0.4 is 4.74 Å². The molecule has 31 heavy (non-hydrogen) atoms. The van der Waals surface area contributed by atoms with E-state index in [9.17, 15) is 22.0 Å². The molecule has 2 aliphatic carbocycles. The van der Waals surface area contributed by atoms with Crippen LogP contribution in [0.5, 0.6) is 5.75 Å². The molecule has 3 rings (SSSR count). The van der Waals surface area contributed by atoms with Gasteiger partial charge in [0.1, 0.15) is 0 Å². The van der Waals surface area contributed by atoms with E-state index in [0.717, 1.165) is 56.1 Å². The Kier molecular flexibility index (Phi) is 8.40. The SMILES string of the molecule is CC/C=C/C1CCC(CCC2CCC(c3cc(F)c(OC(F)(F)F)c(F)c3)CC2)CC1. The molecule has 2 fully saturated rings. The average molecular weight is 445 g/mol. The maximum absolute atomic E-state index is 14.0. The van der Waals surface area contributed by atoms with Crippen LogP contribution in [-0.4, -0.2) is 6.36 Å². The molecule has 6 heteroatoms. The highest BCUT2D eigenvalue weighted by Crippen LogP contribution is 2.41. The highest BCUT2D eigenvalue weighted by molar-refractivity contribution is 5.33. The first kappa shape index (κ1) is 24.1. The summed E-state index contributed by atoms with van der Waals surface area (Å²) in [5, 5.41) is 0. The predicted molar refractivity (Wildman–Crippen MR) is 112 cm³/mol. The summed E-state index contributed by atoms with van der Waals surface area (Å²) in [6.45, 7) is 2.17. The number of rotatable bonds is 7. The molecule has 0 aromatic heterocycles. The van der Waals surface area contributed by atoms with E-state index < -0.39 is 23.7 Å². The van der Waals surface area contributed by atoms with Crippen molar-refractivity contribution >= 4 is 0 Å². The zero-order valence-electron chi connectivity index (χ0n) is 18.2. The second-order valence-corrected chi connectivity index (χ2v) is 9.27. The van der Waals surface area contributed by atoms with Gasteiger partial charge in [-0.1, -0.05) is 31.9 Å². The number of halogens is 5. The molecule has 0 atom stereocenters. The first-order valence-electron chi connectivity index (χ1n) is 11.7. The molecule has 0 saturated heterocycles. The molecule has 1 nitrogen and oxygen atoms in total. The molecule has 0 unspecified atom stereocenters. The van der Waals surface area contributed by atoms with Gasteiger partial charge in [0.15, 0.2) is 11.6 Å². The minimum atomic E-state index is -5.12. The molecule has 1 aromatic rings. The first-order chi connectivity index (χ1) is 14.7. The molecular weight excluding hydrogens is 411 g/mol. The molecule has 2 saturated carbocycles. The molecule has 1 aromatic carbocycles. The van der Waals surface area contributed by atoms with Crippen molar-refractivity contribution in [2.75, 3.05) is 0 Å². The van der Waals surface area contributed by atoms with Gasteiger partial charge in [0.2, 0.25) is 5.75 Å². The van der Waals surface area contributed by atoms with Gasteiger partial charge in [0, 0.05) is 0 Å². The number of benzene rings is 1. The van der Waals surface area contributed by atoms with Gasteiger partial charge in [-0.25, -0.2) is 8.78 Å². The fraction of sp³-hybridized carbons (Fsp3) is 0.680. The molecule has 0 heterocycles. The van der Waals surface area contributed by atoms with Crippen molar-refractivity contribution in [3.05, 3.63) is 41.5 Å². The van der Waals surface area contributed by atoms with Gasteiger partial charge in [-0.3, -0.25) is 0 Å². The van der Waals surface area contributed by atoms with Crippen molar-refractivity contribution in [3.8, 4) is 5.75 Å². The summed E-state index contributed by atoms with van der Waals surface area (Å²) in [6.07, 6.45) is 11.9. The Morgan fingerprint density at radius 3 is 1.87 bits per heavy atom. The lowest BCUT2D eigenvalue weighted by atomic mass is 9.74. The van der Waals surface area contributed by atoms with Gasteiger partial charge < -0.3 is 4.74 Å². The average Bonchev–Trinajstić information content (AvgIpc) is 2.73. The van der Waals surface area contributed by atoms with Crippen molar-refractivity contribution in [2.45, 2.75) is 89.8 Å². The van der Waals surface area contributed by atoms with Crippen LogP contribution >= 0.6 is 0 Å². The summed E-state index contributed by atoms with van der Waals surface area (Å²) >= 11 is 0. The third-order valence-electron chi connectivity index (χ3n) is 7.08. The zero-order chi connectivity index (χ0) is 22.4. The smallest absolute Gasteiger partial charge is 0.399 e. The van der Waals surface area contributed by atoms with Crippen LogP contribution in [0, 0.1) is 29.4 Å². The van der Waals surface area contributed by atoms with Gasteiger partial charge >= 0.3 is 6.36 Å². The van der Waals surface area contributed by atoms with Crippen LogP contribution in [0.25, 0.3) is 0 Å². The number of hydrogen-bond acceptors (Lipinski definition) is 1. The molecule has 2 aliphatic rings. The Morgan fingerprint density at radius 1 is 0.871 bits per heavy atom. The lowest BCUT2D eigenvalue weighted by Crippen LogP contribution is -2.20. The normalized spacial score (nSPS) is 27.5. The highest BCUT2D eigenvalue weighted by Gasteiger charge is 2.34. The number of alkyl halides is 3. The Balaban J connectivity index is 1.44. The fourth-order valence-corrected chi connectivity index (χ4v) is 5.28. The lowest BCUT2D eigenvalue weighted by Gasteiger charge is -2.31. The molecule has 0 bridgehead atoms. The molecule has 0 N–H and O–H groups in total. The van der Waals surface area contributed by atoms with Gasteiger partial charge in [0.05, 0.1) is 0 Å². The minimum Gasteiger partial charge on any atom is -0.399 e. The summed E-state index contributed by atoms with van der Waals surface area (Å²) in [7, 11) is 0. The van der Waals surface area contributed by atoms with E-state index >= 15 is 0 Å². The number of hydrogen-bond donors (Lipinski definition) is 0. The van der Waals surface area contributed by atoms with Crippen molar-refractivity contribution < 1.29 is 26.7 Å². The first-order valence-corrected chi connectivity index (χ1v) is 11.7. The Labute approximate surface area is 182 Å². The van der Waals surface area contributed by atoms with E-state index in [4.69, 9.17) is 0 Å². The van der Waals surface area contributed by atoms with E-state index in [1.54, 1.807) is 0 Å². The van der Waals surface area contributed by atoms with Crippen LogP contribution in [0.1, 0.15) is 89.0 Å². The molecule has 0 radical (unpaired) electrons. The van der Waals surface area contributed by atoms with Crippen molar-refractivity contribution in [3.63, 3.8) is 0 Å². The molecule has 0 spiro atoms. The quantitative estimate of drug-likeness (QED) is 0.302. The fourth-order valence-electron chi connectivity index (χ4n) is 5.28. The molecule has 0 aliphatic heterocycles. The summed E-state index contributed by atoms with van der Waals surface area (Å²) in [5.41, 5.74) is 0.432. The van der Waals surface area contributed by atoms with Crippen molar-refractivity contribution in [2.24, 2.45) is 17.8 Å². The topological polar surface area (TPSA) is 9.23 Å². The van der Waals surface area contributed by atoms with Gasteiger partial charge in [-0.05, 0) is 99.2 Å². The second-order valence-electron chi connectivity index (χ2n) is 9.27. The Hall–Kier alpha value is -1.59. The highest BCUT2D eigenvalue weighted by atomic mass is 19.4. The van der Waals surface area contributed by atoms with Gasteiger partial charge in [-0.2, -0.15) is 0 Å². The number of ether oxygens (including phenoxy) is 1. The van der Waals surface area contributed by atoms with Crippen LogP contribution in [0.2, 0.25) is 0 Å². The predicted octanol–water partition coefficient (Wildman–Crippen LogP) is 8.69. The molecule has 0 amide bonds. The van der Waals surface area contributed by atoms with Crippen LogP contribution in [0.3, 0.4) is 0 Å². The van der Waals surface area contributed by atoms with E-state index in [-0.39, 0.29) is 5.92 Å². The van der Waals surface area contributed by atoms with E-state index in [1.165, 1.54) is 38.5 Å². The Morgan fingerprint density at radius 2 is 1.39 bits per heavy atom. The largest absolute Gasteiger partial charge is 0.573 e. The summed E-state index contributed by atoms with van der Waals surface area (Å²) in [4.78, 5) is 0. The maximum atomic E-state index is 14.0. The minimum absolute atomic E-state index is 0.0130. The third-order valence-corrected chi connectivity index (χ3v) is 7.08. The van der Waals surface area contributed by atoms with E-state index in [1.807, 2.05) is 0 Å². The Bertz CT molecular complexity index is 703. The summed E-state index contributed by atoms with van der Waals surface area (Å²) in [6, 6.07) is 2.00. The van der Waals surface area contributed by atoms with Gasteiger partial charge in [0.25, 0.3) is 0 Å². The van der Waals surface area contributed by atoms with Crippen LogP contribution in [0.4, 0.5) is 22.0 Å². The maximum Gasteiger partial charge on any atom is 0.573 e. The summed E-state index contributed by atoms with van der Waals surface area (Å²) in [5.74, 6) is -1.77. The lowest BCUT2D eigenvalue weighted by molar-refractivity contribution is -0.276. The second kappa shape index (κ2) is 10.8. The standard InChI is InChI=1S/C25H33F5O/c1-2-3-4-17-5-7-18(8-6-17)9-10-19-11-13-20(14-12-19)21-15-22(26)24(23(27)16-21)31-25(28,29)30/h3-4,15-20H,2,5-14H2,1H3/b4-3+. The zero-order valence-corrected chi connectivity index (χ0v) is 18.2.